The molecular formula is C60H39N3. The first-order chi connectivity index (χ1) is 47.5. The first kappa shape index (κ1) is 14.1. The van der Waals surface area contributed by atoms with Crippen LogP contribution in [0.5, 0.6) is 0 Å². The van der Waals surface area contributed by atoms with E-state index in [0.29, 0.717) is 13.7 Å². The molecule has 0 amide bonds. The van der Waals surface area contributed by atoms with Crippen LogP contribution in [0, 0.1) is 0 Å². The van der Waals surface area contributed by atoms with Crippen LogP contribution >= 0.6 is 0 Å². The third-order valence-corrected chi connectivity index (χ3v) is 10.2. The molecule has 0 fully saturated rings. The molecule has 0 aliphatic rings. The lowest BCUT2D eigenvalue weighted by molar-refractivity contribution is 1.13. The number of nitrogens with zero attached hydrogens (tertiary/aromatic N) is 3. The van der Waals surface area contributed by atoms with Crippen LogP contribution in [0.2, 0.25) is 0 Å². The number of aromatic nitrogens is 3. The van der Waals surface area contributed by atoms with E-state index in [-0.39, 0.29) is 0 Å². The molecule has 0 spiro atoms. The molecule has 0 N–H and O–H groups in total. The average molecular weight is 841 g/mol. The molecule has 10 aromatic carbocycles. The highest BCUT2D eigenvalue weighted by Gasteiger charge is 2.21. The first-order valence-corrected chi connectivity index (χ1v) is 18.5. The van der Waals surface area contributed by atoms with Crippen LogP contribution in [0.1, 0.15) is 53.5 Å². The molecule has 0 saturated carbocycles. The summed E-state index contributed by atoms with van der Waals surface area (Å²) in [6.45, 7) is 0. The highest BCUT2D eigenvalue weighted by molar-refractivity contribution is 6.16. The molecule has 294 valence electrons. The lowest BCUT2D eigenvalue weighted by Crippen LogP contribution is -2.01. The van der Waals surface area contributed by atoms with Crippen molar-refractivity contribution in [2.75, 3.05) is 0 Å². The van der Waals surface area contributed by atoms with Crippen LogP contribution in [0.4, 0.5) is 0 Å². The van der Waals surface area contributed by atoms with Gasteiger partial charge >= 0.3 is 0 Å². The Kier molecular flexibility index (Phi) is 3.15. The maximum atomic E-state index is 10.5. The Balaban J connectivity index is 1.31. The topological polar surface area (TPSA) is 14.8 Å². The van der Waals surface area contributed by atoms with E-state index in [1.54, 1.807) is 0 Å². The Morgan fingerprint density at radius 1 is 0.238 bits per heavy atom. The Hall–Kier alpha value is -8.40. The van der Waals surface area contributed by atoms with E-state index in [0.717, 1.165) is 0 Å². The first-order valence-electron chi connectivity index (χ1n) is 38.0. The fourth-order valence-electron chi connectivity index (χ4n) is 7.59. The zero-order valence-corrected chi connectivity index (χ0v) is 31.3. The molecule has 0 saturated heterocycles. The number of para-hydroxylation sites is 5. The van der Waals surface area contributed by atoms with Crippen LogP contribution in [0.25, 0.3) is 116 Å². The fraction of sp³-hybridized carbons (Fsp3) is 0. The molecule has 13 aromatic rings. The smallest absolute Gasteiger partial charge is 0.0782 e. The van der Waals surface area contributed by atoms with Gasteiger partial charge < -0.3 is 13.7 Å². The Labute approximate surface area is 419 Å². The van der Waals surface area contributed by atoms with Gasteiger partial charge in [-0.1, -0.05) is 163 Å². The van der Waals surface area contributed by atoms with E-state index in [1.807, 2.05) is 0 Å². The van der Waals surface area contributed by atoms with Gasteiger partial charge in [-0.25, -0.2) is 0 Å². The number of hydrogen-bond acceptors (Lipinski definition) is 0. The maximum Gasteiger partial charge on any atom is 0.0782 e. The van der Waals surface area contributed by atoms with Crippen molar-refractivity contribution in [3.8, 4) is 50.4 Å². The third kappa shape index (κ3) is 5.53. The van der Waals surface area contributed by atoms with E-state index in [1.165, 1.54) is 0 Å². The van der Waals surface area contributed by atoms with Gasteiger partial charge in [-0.15, -0.1) is 0 Å². The third-order valence-electron chi connectivity index (χ3n) is 10.2. The quantitative estimate of drug-likeness (QED) is 0.158. The van der Waals surface area contributed by atoms with Crippen molar-refractivity contribution in [3.63, 3.8) is 0 Å². The number of fused-ring (bicyclic) bond motifs is 9. The molecule has 0 radical (unpaired) electrons. The molecule has 0 aliphatic carbocycles. The Morgan fingerprint density at radius 2 is 0.651 bits per heavy atom. The second-order valence-electron chi connectivity index (χ2n) is 13.5. The molecule has 0 aliphatic heterocycles. The number of benzene rings is 10. The van der Waals surface area contributed by atoms with Crippen molar-refractivity contribution in [2.24, 2.45) is 0 Å². The van der Waals surface area contributed by atoms with Crippen molar-refractivity contribution in [3.05, 3.63) is 236 Å². The minimum Gasteiger partial charge on any atom is -0.309 e. The Bertz CT molecular complexity index is 6100. The second-order valence-corrected chi connectivity index (χ2v) is 13.5. The molecular weight excluding hydrogens is 763 g/mol. The molecule has 3 heterocycles. The largest absolute Gasteiger partial charge is 0.309 e. The number of hydrogen-bond donors (Lipinski definition) is 0. The van der Waals surface area contributed by atoms with Gasteiger partial charge in [-0.3, -0.25) is 0 Å². The SMILES string of the molecule is [2H]c1c([2H])c([2H])c(-c2c([2H])c([2H])c([2H])c(-c3c([2H])c(-c4c([2H])c([2H])c([2H])c([2H])c4[2H])c([2H])c(-n4c5c([2H])c([2H])c([2H])c([2H])c5c5c([2H])c(-n6c7c([2H])c([2H])c([2H])c([2H])c7c7c([2H])c([2H])c([2H])c(-n8c9c([2H])c([2H])c([2H])c([2H])c9c9c([2H])c([2H])c([2H])c([2H])c98)c76)c([2H])c([2H])c54)c3[2H])c2[2H])c([2H])c1[2H]. The maximum absolute atomic E-state index is 10.5. The molecule has 0 bridgehead atoms. The van der Waals surface area contributed by atoms with Crippen molar-refractivity contribution in [1.29, 1.82) is 0 Å². The van der Waals surface area contributed by atoms with E-state index in [4.69, 9.17) is 27.4 Å². The average Bonchev–Trinajstić information content (AvgIpc) is 1.51. The lowest BCUT2D eigenvalue weighted by atomic mass is 9.95. The molecule has 63 heavy (non-hydrogen) atoms. The standard InChI is InChI=1S/C60H39N3/c1-3-17-40(18-4-1)42-21-15-22-43(35-42)45-36-44(41-19-5-2-6-20-41)37-47(38-45)61-54-28-11-10-26-51(54)53-39-46(33-34-58(53)61)62-55-29-12-9-25-50(55)52-27-16-32-59(60(52)62)63-56-30-13-7-23-48(56)49-24-8-14-31-57(49)63/h1-39H/i1D,2D,3D,4D,5D,6D,7D,8D,9D,10D,11D,12D,13D,14D,15D,16D,17D,18D,19D,20D,21D,22D,23D,24D,25D,26D,27D,28D,29D,30D,31D,32D,33D,34D,35D,36D,37D,38D,39D. The van der Waals surface area contributed by atoms with Gasteiger partial charge in [0.2, 0.25) is 0 Å². The summed E-state index contributed by atoms with van der Waals surface area (Å²) in [5.74, 6) is 0. The highest BCUT2D eigenvalue weighted by atomic mass is 15.1. The molecule has 3 aromatic heterocycles. The van der Waals surface area contributed by atoms with Crippen LogP contribution in [-0.2, 0) is 0 Å². The molecule has 3 nitrogen and oxygen atoms in total. The van der Waals surface area contributed by atoms with Crippen LogP contribution in [-0.4, -0.2) is 13.7 Å². The summed E-state index contributed by atoms with van der Waals surface area (Å²) in [4.78, 5) is 0. The highest BCUT2D eigenvalue weighted by Crippen LogP contribution is 2.42. The van der Waals surface area contributed by atoms with Gasteiger partial charge in [0, 0.05) is 43.7 Å². The van der Waals surface area contributed by atoms with Crippen molar-refractivity contribution in [1.82, 2.24) is 13.7 Å². The summed E-state index contributed by atoms with van der Waals surface area (Å²) in [5, 5.41) is -4.50. The zero-order chi connectivity index (χ0) is 75.4. The lowest BCUT2D eigenvalue weighted by Gasteiger charge is -2.16. The van der Waals surface area contributed by atoms with Gasteiger partial charge in [0.25, 0.3) is 0 Å². The second kappa shape index (κ2) is 14.1. The van der Waals surface area contributed by atoms with E-state index in [9.17, 15) is 26.0 Å². The van der Waals surface area contributed by atoms with E-state index < -0.39 is 352 Å². The molecule has 0 atom stereocenters. The van der Waals surface area contributed by atoms with E-state index >= 15 is 0 Å². The molecule has 3 heteroatoms. The predicted octanol–water partition coefficient (Wildman–Crippen LogP) is 16.0. The van der Waals surface area contributed by atoms with Crippen LogP contribution in [0.15, 0.2) is 236 Å². The minimum atomic E-state index is -1.35. The van der Waals surface area contributed by atoms with Gasteiger partial charge in [-0.05, 0) is 106 Å². The minimum absolute atomic E-state index is 0.513. The van der Waals surface area contributed by atoms with Gasteiger partial charge in [0.15, 0.2) is 0 Å². The summed E-state index contributed by atoms with van der Waals surface area (Å²) in [6, 6.07) is -42.9. The summed E-state index contributed by atoms with van der Waals surface area (Å²) < 4.78 is 363. The van der Waals surface area contributed by atoms with Gasteiger partial charge in [-0.2, -0.15) is 0 Å². The summed E-state index contributed by atoms with van der Waals surface area (Å²) in [5.41, 5.74) is -14.6. The van der Waals surface area contributed by atoms with E-state index in [2.05, 4.69) is 0 Å². The van der Waals surface area contributed by atoms with Crippen LogP contribution in [0.3, 0.4) is 0 Å². The molecule has 0 unspecified atom stereocenters. The fourth-order valence-corrected chi connectivity index (χ4v) is 7.59. The zero-order valence-electron chi connectivity index (χ0n) is 70.3. The number of rotatable bonds is 6. The van der Waals surface area contributed by atoms with Gasteiger partial charge in [0.1, 0.15) is 0 Å². The predicted molar refractivity (Wildman–Crippen MR) is 266 cm³/mol. The summed E-state index contributed by atoms with van der Waals surface area (Å²) >= 11 is 0. The summed E-state index contributed by atoms with van der Waals surface area (Å²) in [7, 11) is 0. The summed E-state index contributed by atoms with van der Waals surface area (Å²) in [6.07, 6.45) is 0. The van der Waals surface area contributed by atoms with Crippen LogP contribution < -0.4 is 0 Å². The Morgan fingerprint density at radius 3 is 1.29 bits per heavy atom. The van der Waals surface area contributed by atoms with Crippen molar-refractivity contribution < 1.29 is 53.5 Å². The van der Waals surface area contributed by atoms with Crippen molar-refractivity contribution >= 4 is 65.4 Å². The van der Waals surface area contributed by atoms with Crippen molar-refractivity contribution in [2.45, 2.75) is 0 Å². The monoisotopic (exact) mass is 841 g/mol. The molecule has 13 rings (SSSR count). The van der Waals surface area contributed by atoms with Gasteiger partial charge in [0.05, 0.1) is 92.2 Å². The normalized spacial score (nSPS) is 20.5.